The number of nitrogens with zero attached hydrogens (tertiary/aromatic N) is 4. The van der Waals surface area contributed by atoms with Crippen LogP contribution in [0.5, 0.6) is 0 Å². The van der Waals surface area contributed by atoms with Gasteiger partial charge in [-0.25, -0.2) is 18.3 Å². The van der Waals surface area contributed by atoms with Crippen LogP contribution in [0, 0.1) is 11.6 Å². The zero-order valence-corrected chi connectivity index (χ0v) is 18.8. The van der Waals surface area contributed by atoms with Gasteiger partial charge in [0.2, 0.25) is 0 Å². The summed E-state index contributed by atoms with van der Waals surface area (Å²) >= 11 is 0. The first-order chi connectivity index (χ1) is 16.5. The van der Waals surface area contributed by atoms with E-state index in [1.807, 2.05) is 12.4 Å². The van der Waals surface area contributed by atoms with Gasteiger partial charge in [0, 0.05) is 31.5 Å². The highest BCUT2D eigenvalue weighted by molar-refractivity contribution is 5.63. The van der Waals surface area contributed by atoms with E-state index in [9.17, 15) is 8.78 Å². The monoisotopic (exact) mass is 463 g/mol. The van der Waals surface area contributed by atoms with Gasteiger partial charge in [0.15, 0.2) is 0 Å². The smallest absolute Gasteiger partial charge is 0.135 e. The highest BCUT2D eigenvalue weighted by Crippen LogP contribution is 2.34. The Morgan fingerprint density at radius 2 is 1.91 bits per heavy atom. The van der Waals surface area contributed by atoms with Gasteiger partial charge in [-0.2, -0.15) is 5.10 Å². The summed E-state index contributed by atoms with van der Waals surface area (Å²) in [5.74, 6) is -0.360. The average Bonchev–Trinajstić information content (AvgIpc) is 3.21. The van der Waals surface area contributed by atoms with Gasteiger partial charge in [0.25, 0.3) is 0 Å². The first kappa shape index (κ1) is 22.6. The largest absolute Gasteiger partial charge is 0.396 e. The predicted molar refractivity (Wildman–Crippen MR) is 125 cm³/mol. The molecule has 0 amide bonds. The van der Waals surface area contributed by atoms with E-state index in [1.54, 1.807) is 22.8 Å². The number of halogens is 2. The van der Waals surface area contributed by atoms with Crippen LogP contribution in [-0.4, -0.2) is 37.3 Å². The lowest BCUT2D eigenvalue weighted by Gasteiger charge is -2.28. The molecular weight excluding hydrogens is 436 g/mol. The second-order valence-electron chi connectivity index (χ2n) is 9.01. The van der Waals surface area contributed by atoms with Gasteiger partial charge in [-0.15, -0.1) is 0 Å². The Bertz CT molecular complexity index is 1300. The number of imidazole rings is 1. The molecule has 34 heavy (non-hydrogen) atoms. The minimum atomic E-state index is -0.708. The van der Waals surface area contributed by atoms with Gasteiger partial charge in [-0.05, 0) is 78.6 Å². The van der Waals surface area contributed by atoms with E-state index in [4.69, 9.17) is 10.8 Å². The molecule has 1 aliphatic rings. The lowest BCUT2D eigenvalue weighted by molar-refractivity contribution is 0.299. The zero-order chi connectivity index (χ0) is 23.7. The summed E-state index contributed by atoms with van der Waals surface area (Å²) < 4.78 is 31.2. The van der Waals surface area contributed by atoms with E-state index in [0.717, 1.165) is 36.8 Å². The molecule has 3 N–H and O–H groups in total. The Kier molecular flexibility index (Phi) is 6.34. The second kappa shape index (κ2) is 9.56. The molecule has 0 spiro atoms. The number of benzene rings is 1. The van der Waals surface area contributed by atoms with Crippen LogP contribution in [0.3, 0.4) is 0 Å². The van der Waals surface area contributed by atoms with Gasteiger partial charge in [-0.1, -0.05) is 6.42 Å². The summed E-state index contributed by atoms with van der Waals surface area (Å²) in [6.07, 6.45) is 10.3. The minimum absolute atomic E-state index is 0.177. The van der Waals surface area contributed by atoms with Crippen molar-refractivity contribution in [2.45, 2.75) is 50.5 Å². The summed E-state index contributed by atoms with van der Waals surface area (Å²) in [6.45, 7) is -0.177. The number of fused-ring (bicyclic) bond motifs is 1. The van der Waals surface area contributed by atoms with E-state index in [-0.39, 0.29) is 30.3 Å². The number of hydrogen-bond acceptors (Lipinski definition) is 5. The molecule has 8 heteroatoms. The third kappa shape index (κ3) is 4.43. The fourth-order valence-electron chi connectivity index (χ4n) is 5.00. The molecule has 0 aliphatic heterocycles. The lowest BCUT2D eigenvalue weighted by Crippen LogP contribution is -2.27. The quantitative estimate of drug-likeness (QED) is 0.448. The number of aromatic nitrogens is 4. The van der Waals surface area contributed by atoms with Crippen LogP contribution in [-0.2, 0) is 12.8 Å². The maximum absolute atomic E-state index is 14.8. The lowest BCUT2D eigenvalue weighted by atomic mass is 9.80. The molecule has 176 valence electrons. The highest BCUT2D eigenvalue weighted by atomic mass is 19.1. The van der Waals surface area contributed by atoms with Crippen molar-refractivity contribution in [1.82, 2.24) is 19.6 Å². The maximum Gasteiger partial charge on any atom is 0.135 e. The molecule has 5 rings (SSSR count). The Labute approximate surface area is 196 Å². The number of nitrogens with two attached hydrogens (primary N) is 1. The second-order valence-corrected chi connectivity index (χ2v) is 9.01. The molecule has 6 nitrogen and oxygen atoms in total. The van der Waals surface area contributed by atoms with Crippen molar-refractivity contribution in [2.75, 3.05) is 6.61 Å². The van der Waals surface area contributed by atoms with Crippen molar-refractivity contribution in [2.24, 2.45) is 5.73 Å². The van der Waals surface area contributed by atoms with E-state index < -0.39 is 11.6 Å². The van der Waals surface area contributed by atoms with E-state index >= 15 is 0 Å². The van der Waals surface area contributed by atoms with Crippen LogP contribution >= 0.6 is 0 Å². The van der Waals surface area contributed by atoms with E-state index in [0.29, 0.717) is 23.7 Å². The third-order valence-corrected chi connectivity index (χ3v) is 6.66. The Hall–Kier alpha value is -3.23. The molecular formula is C26H27F2N5O. The normalized spacial score (nSPS) is 18.5. The molecule has 0 unspecified atom stereocenters. The first-order valence-electron chi connectivity index (χ1n) is 11.6. The van der Waals surface area contributed by atoms with Gasteiger partial charge in [-0.3, -0.25) is 4.98 Å². The summed E-state index contributed by atoms with van der Waals surface area (Å²) in [4.78, 5) is 8.87. The Balaban J connectivity index is 1.50. The van der Waals surface area contributed by atoms with Crippen LogP contribution < -0.4 is 5.73 Å². The first-order valence-corrected chi connectivity index (χ1v) is 11.6. The minimum Gasteiger partial charge on any atom is -0.396 e. The van der Waals surface area contributed by atoms with Crippen LogP contribution in [0.15, 0.2) is 48.9 Å². The highest BCUT2D eigenvalue weighted by Gasteiger charge is 2.23. The summed E-state index contributed by atoms with van der Waals surface area (Å²) in [5.41, 5.74) is 9.65. The van der Waals surface area contributed by atoms with Crippen molar-refractivity contribution in [3.8, 4) is 11.3 Å². The molecule has 1 aliphatic carbocycles. The van der Waals surface area contributed by atoms with Crippen molar-refractivity contribution >= 4 is 5.52 Å². The van der Waals surface area contributed by atoms with Crippen molar-refractivity contribution < 1.29 is 13.9 Å². The number of pyridine rings is 1. The Morgan fingerprint density at radius 1 is 1.09 bits per heavy atom. The fraction of sp³-hybridized carbons (Fsp3) is 0.346. The summed E-state index contributed by atoms with van der Waals surface area (Å²) in [5, 5.41) is 13.6. The molecule has 0 bridgehead atoms. The molecule has 2 atom stereocenters. The third-order valence-electron chi connectivity index (χ3n) is 6.66. The maximum atomic E-state index is 14.8. The molecule has 4 aromatic rings. The fourth-order valence-corrected chi connectivity index (χ4v) is 5.00. The average molecular weight is 464 g/mol. The molecule has 0 saturated heterocycles. The summed E-state index contributed by atoms with van der Waals surface area (Å²) in [6, 6.07) is 8.10. The van der Waals surface area contributed by atoms with Crippen LogP contribution in [0.2, 0.25) is 0 Å². The van der Waals surface area contributed by atoms with Crippen LogP contribution in [0.25, 0.3) is 16.8 Å². The van der Waals surface area contributed by atoms with Crippen molar-refractivity contribution in [3.05, 3.63) is 83.1 Å². The topological polar surface area (TPSA) is 89.3 Å². The standard InChI is InChI=1S/C26H27F2N5O/c27-22-10-16(7-9-34)11-23(28)26(22)24-5-4-20-15-31-25(33(20)32-24)13-18-14-30-8-6-21(18)17-2-1-3-19(29)12-17/h4-6,8,10-11,14-15,17,19,34H,1-3,7,9,12-13,29H2/t17-,19+/m1/s1. The van der Waals surface area contributed by atoms with Gasteiger partial charge < -0.3 is 10.8 Å². The molecule has 1 aromatic carbocycles. The van der Waals surface area contributed by atoms with E-state index in [1.165, 1.54) is 17.7 Å². The number of rotatable bonds is 6. The molecule has 1 fully saturated rings. The van der Waals surface area contributed by atoms with Crippen molar-refractivity contribution in [3.63, 3.8) is 0 Å². The van der Waals surface area contributed by atoms with E-state index in [2.05, 4.69) is 21.1 Å². The number of hydrogen-bond donors (Lipinski definition) is 2. The van der Waals surface area contributed by atoms with Gasteiger partial charge in [0.1, 0.15) is 17.5 Å². The van der Waals surface area contributed by atoms with Crippen LogP contribution in [0.1, 0.15) is 54.1 Å². The zero-order valence-electron chi connectivity index (χ0n) is 18.8. The predicted octanol–water partition coefficient (Wildman–Crippen LogP) is 4.18. The SMILES string of the molecule is N[C@H]1CCC[C@@H](c2ccncc2Cc2ncc3ccc(-c4c(F)cc(CCO)cc4F)nn23)C1. The summed E-state index contributed by atoms with van der Waals surface area (Å²) in [7, 11) is 0. The molecule has 1 saturated carbocycles. The molecule has 3 heterocycles. The molecule has 3 aromatic heterocycles. The Morgan fingerprint density at radius 3 is 2.68 bits per heavy atom. The van der Waals surface area contributed by atoms with Crippen LogP contribution in [0.4, 0.5) is 8.78 Å². The van der Waals surface area contributed by atoms with Crippen molar-refractivity contribution in [1.29, 1.82) is 0 Å². The van der Waals surface area contributed by atoms with Gasteiger partial charge >= 0.3 is 0 Å². The number of aliphatic hydroxyl groups excluding tert-OH is 1. The number of aliphatic hydroxyl groups is 1. The molecule has 0 radical (unpaired) electrons. The van der Waals surface area contributed by atoms with Gasteiger partial charge in [0.05, 0.1) is 23.0 Å².